The predicted octanol–water partition coefficient (Wildman–Crippen LogP) is 15.2. The third-order valence-electron chi connectivity index (χ3n) is 13.7. The van der Waals surface area contributed by atoms with Crippen molar-refractivity contribution in [3.8, 4) is 27.9 Å². The normalized spacial score (nSPS) is 14.4. The second-order valence-electron chi connectivity index (χ2n) is 22.3. The van der Waals surface area contributed by atoms with Gasteiger partial charge in [-0.25, -0.2) is 0 Å². The van der Waals surface area contributed by atoms with Gasteiger partial charge in [-0.1, -0.05) is 179 Å². The fraction of sp³-hybridized carbons (Fsp3) is 0.276. The minimum atomic E-state index is 0.0469. The Bertz CT molecular complexity index is 3000. The van der Waals surface area contributed by atoms with Crippen LogP contribution in [-0.2, 0) is 21.7 Å². The first-order chi connectivity index (χ1) is 29.7. The molecular formula is C58H56BNS3. The number of fused-ring (bicyclic) bond motifs is 3. The van der Waals surface area contributed by atoms with Crippen LogP contribution in [0.25, 0.3) is 49.7 Å². The maximum absolute atomic E-state index is 2.56. The molecule has 1 nitrogen and oxygen atoms in total. The predicted molar refractivity (Wildman–Crippen MR) is 276 cm³/mol. The molecule has 0 saturated carbocycles. The number of hydrogen-bond acceptors (Lipinski definition) is 3. The molecule has 63 heavy (non-hydrogen) atoms. The SMILES string of the molecule is CC(C)(C)c1ccc(-c2cc3c4c(c2)Sc2cc(-n5c6ccc(C(C)(C)C)cc6c6cc(C(C)(C)C)ccc65)cc5c2B4c2c(cc(-c4ccc(C(C)(C)C)cc4)cc2S5)S3)cc1. The maximum atomic E-state index is 2.56. The molecule has 0 fully saturated rings. The second-order valence-corrected chi connectivity index (χ2v) is 25.6. The van der Waals surface area contributed by atoms with Crippen LogP contribution in [0.4, 0.5) is 0 Å². The molecule has 0 N–H and O–H groups in total. The first kappa shape index (κ1) is 41.2. The minimum Gasteiger partial charge on any atom is -0.309 e. The molecule has 4 heterocycles. The first-order valence-electron chi connectivity index (χ1n) is 22.6. The number of rotatable bonds is 3. The molecule has 0 unspecified atom stereocenters. The third-order valence-corrected chi connectivity index (χ3v) is 17.1. The van der Waals surface area contributed by atoms with Crippen molar-refractivity contribution >= 4 is 80.2 Å². The quantitative estimate of drug-likeness (QED) is 0.163. The zero-order chi connectivity index (χ0) is 44.1. The zero-order valence-corrected chi connectivity index (χ0v) is 41.2. The van der Waals surface area contributed by atoms with E-state index in [1.165, 1.54) is 118 Å². The van der Waals surface area contributed by atoms with Crippen molar-refractivity contribution in [2.24, 2.45) is 0 Å². The number of hydrogen-bond donors (Lipinski definition) is 0. The van der Waals surface area contributed by atoms with Gasteiger partial charge in [0, 0.05) is 45.8 Å². The molecule has 0 atom stereocenters. The summed E-state index contributed by atoms with van der Waals surface area (Å²) in [6.07, 6.45) is 0. The highest BCUT2D eigenvalue weighted by molar-refractivity contribution is 8.02. The van der Waals surface area contributed by atoms with Gasteiger partial charge in [-0.05, 0) is 143 Å². The first-order valence-corrected chi connectivity index (χ1v) is 25.0. The molecule has 1 aromatic heterocycles. The Kier molecular flexibility index (Phi) is 9.14. The van der Waals surface area contributed by atoms with Gasteiger partial charge >= 0.3 is 0 Å². The van der Waals surface area contributed by atoms with Crippen LogP contribution in [-0.4, -0.2) is 11.3 Å². The van der Waals surface area contributed by atoms with Crippen molar-refractivity contribution in [1.29, 1.82) is 0 Å². The lowest BCUT2D eigenvalue weighted by Gasteiger charge is -2.38. The summed E-state index contributed by atoms with van der Waals surface area (Å²) < 4.78 is 2.56. The van der Waals surface area contributed by atoms with Crippen molar-refractivity contribution in [1.82, 2.24) is 4.57 Å². The van der Waals surface area contributed by atoms with Crippen LogP contribution < -0.4 is 16.4 Å². The summed E-state index contributed by atoms with van der Waals surface area (Å²) in [5.41, 5.74) is 19.1. The molecule has 5 heteroatoms. The summed E-state index contributed by atoms with van der Waals surface area (Å²) in [5, 5.41) is 2.66. The standard InChI is InChI=1S/C58H56BNS3/c1-55(2,3)37-17-13-33(14-18-37)35-25-46-52-48(27-35)62-50-31-41(60-44-23-21-39(57(7,8)9)29-42(44)43-30-40(58(10,11)12)22-24-45(43)60)32-51-54(50)59(52)53-47(61-46)26-36(28-49(53)63-51)34-15-19-38(20-16-34)56(4,5)6/h13-32H,1-12H3. The Balaban J connectivity index is 1.14. The molecule has 0 radical (unpaired) electrons. The summed E-state index contributed by atoms with van der Waals surface area (Å²) >= 11 is 5.94. The number of nitrogens with zero attached hydrogens (tertiary/aromatic N) is 1. The molecule has 0 spiro atoms. The Morgan fingerprint density at radius 3 is 0.952 bits per heavy atom. The van der Waals surface area contributed by atoms with Crippen molar-refractivity contribution in [3.63, 3.8) is 0 Å². The van der Waals surface area contributed by atoms with Gasteiger partial charge in [0.25, 0.3) is 0 Å². The Morgan fingerprint density at radius 2 is 0.635 bits per heavy atom. The van der Waals surface area contributed by atoms with Gasteiger partial charge in [-0.3, -0.25) is 0 Å². The number of aromatic nitrogens is 1. The zero-order valence-electron chi connectivity index (χ0n) is 38.8. The van der Waals surface area contributed by atoms with E-state index < -0.39 is 0 Å². The fourth-order valence-corrected chi connectivity index (χ4v) is 14.0. The van der Waals surface area contributed by atoms with E-state index in [9.17, 15) is 0 Å². The lowest BCUT2D eigenvalue weighted by atomic mass is 9.36. The maximum Gasteiger partial charge on any atom is 0.250 e. The van der Waals surface area contributed by atoms with Crippen molar-refractivity contribution in [3.05, 3.63) is 144 Å². The Hall–Kier alpha value is -4.55. The molecule has 3 aliphatic heterocycles. The summed E-state index contributed by atoms with van der Waals surface area (Å²) in [4.78, 5) is 8.28. The highest BCUT2D eigenvalue weighted by atomic mass is 32.2. The van der Waals surface area contributed by atoms with Crippen molar-refractivity contribution < 1.29 is 0 Å². The molecule has 7 aromatic carbocycles. The number of benzene rings is 7. The average Bonchev–Trinajstić information content (AvgIpc) is 3.55. The van der Waals surface area contributed by atoms with E-state index in [4.69, 9.17) is 0 Å². The fourth-order valence-electron chi connectivity index (χ4n) is 9.96. The summed E-state index contributed by atoms with van der Waals surface area (Å²) in [6, 6.07) is 48.0. The molecule has 0 saturated heterocycles. The van der Waals surface area contributed by atoms with E-state index in [0.29, 0.717) is 0 Å². The second kappa shape index (κ2) is 14.0. The summed E-state index contributed by atoms with van der Waals surface area (Å²) in [7, 11) is 0. The van der Waals surface area contributed by atoms with Crippen LogP contribution in [0, 0.1) is 0 Å². The molecule has 11 rings (SSSR count). The molecule has 314 valence electrons. The summed E-state index contributed by atoms with van der Waals surface area (Å²) in [6.45, 7) is 27.9. The topological polar surface area (TPSA) is 4.93 Å². The van der Waals surface area contributed by atoms with Gasteiger partial charge in [0.05, 0.1) is 11.0 Å². The monoisotopic (exact) mass is 873 g/mol. The Labute approximate surface area is 388 Å². The highest BCUT2D eigenvalue weighted by Crippen LogP contribution is 2.49. The lowest BCUT2D eigenvalue weighted by Crippen LogP contribution is -2.60. The molecule has 3 aliphatic rings. The minimum absolute atomic E-state index is 0.0469. The largest absolute Gasteiger partial charge is 0.309 e. The van der Waals surface area contributed by atoms with Crippen LogP contribution in [0.5, 0.6) is 0 Å². The van der Waals surface area contributed by atoms with E-state index in [-0.39, 0.29) is 28.4 Å². The van der Waals surface area contributed by atoms with Crippen LogP contribution in [0.1, 0.15) is 105 Å². The highest BCUT2D eigenvalue weighted by Gasteiger charge is 2.44. The van der Waals surface area contributed by atoms with E-state index in [2.05, 4.69) is 209 Å². The molecule has 8 aromatic rings. The molecule has 0 bridgehead atoms. The van der Waals surface area contributed by atoms with Gasteiger partial charge in [-0.2, -0.15) is 0 Å². The van der Waals surface area contributed by atoms with E-state index in [1.54, 1.807) is 0 Å². The van der Waals surface area contributed by atoms with Gasteiger partial charge in [0.15, 0.2) is 0 Å². The lowest BCUT2D eigenvalue weighted by molar-refractivity contribution is 0.590. The van der Waals surface area contributed by atoms with Gasteiger partial charge in [0.2, 0.25) is 6.71 Å². The van der Waals surface area contributed by atoms with Crippen molar-refractivity contribution in [2.45, 2.75) is 134 Å². The van der Waals surface area contributed by atoms with Crippen LogP contribution in [0.15, 0.2) is 151 Å². The van der Waals surface area contributed by atoms with Crippen LogP contribution in [0.2, 0.25) is 0 Å². The van der Waals surface area contributed by atoms with Gasteiger partial charge < -0.3 is 4.57 Å². The van der Waals surface area contributed by atoms with E-state index in [0.717, 1.165) is 0 Å². The Morgan fingerprint density at radius 1 is 0.333 bits per heavy atom. The van der Waals surface area contributed by atoms with E-state index in [1.807, 2.05) is 35.3 Å². The van der Waals surface area contributed by atoms with Gasteiger partial charge in [-0.15, -0.1) is 0 Å². The molecule has 0 aliphatic carbocycles. The van der Waals surface area contributed by atoms with Gasteiger partial charge in [0.1, 0.15) is 0 Å². The average molecular weight is 874 g/mol. The van der Waals surface area contributed by atoms with Crippen LogP contribution in [0.3, 0.4) is 0 Å². The summed E-state index contributed by atoms with van der Waals surface area (Å²) in [5.74, 6) is 0. The van der Waals surface area contributed by atoms with E-state index >= 15 is 0 Å². The smallest absolute Gasteiger partial charge is 0.250 e. The molecule has 0 amide bonds. The molecular weight excluding hydrogens is 818 g/mol. The third kappa shape index (κ3) is 6.78. The van der Waals surface area contributed by atoms with Crippen molar-refractivity contribution in [2.75, 3.05) is 0 Å². The van der Waals surface area contributed by atoms with Crippen LogP contribution >= 0.6 is 35.3 Å².